The first kappa shape index (κ1) is 18.5. The maximum absolute atomic E-state index is 12.8. The number of halogens is 3. The van der Waals surface area contributed by atoms with Crippen molar-refractivity contribution < 1.29 is 69.1 Å². The molecule has 0 saturated heterocycles. The molecule has 1 aromatic rings. The average molecular weight is 284 g/mol. The van der Waals surface area contributed by atoms with Crippen molar-refractivity contribution in [1.29, 1.82) is 0 Å². The average Bonchev–Trinajstić information content (AvgIpc) is 2.19. The Morgan fingerprint density at radius 3 is 2.39 bits per heavy atom. The summed E-state index contributed by atoms with van der Waals surface area (Å²) >= 11 is 0. The maximum atomic E-state index is 12.8. The van der Waals surface area contributed by atoms with E-state index in [4.69, 9.17) is 4.74 Å². The monoisotopic (exact) mass is 284 g/mol. The van der Waals surface area contributed by atoms with Crippen LogP contribution in [0.3, 0.4) is 0 Å². The van der Waals surface area contributed by atoms with Gasteiger partial charge in [-0.1, -0.05) is 36.5 Å². The van der Waals surface area contributed by atoms with Gasteiger partial charge in [-0.2, -0.15) is 0 Å². The van der Waals surface area contributed by atoms with Gasteiger partial charge in [0.2, 0.25) is 0 Å². The predicted molar refractivity (Wildman–Crippen MR) is 64.9 cm³/mol. The van der Waals surface area contributed by atoms with Crippen LogP contribution in [0.5, 0.6) is 5.75 Å². The molecule has 96 valence electrons. The molecule has 0 bridgehead atoms. The van der Waals surface area contributed by atoms with Crippen molar-refractivity contribution in [3.05, 3.63) is 23.8 Å². The zero-order chi connectivity index (χ0) is 13.1. The summed E-state index contributed by atoms with van der Waals surface area (Å²) in [7, 11) is 0. The van der Waals surface area contributed by atoms with E-state index in [1.54, 1.807) is 19.9 Å². The number of hydrogen-bond donors (Lipinski definition) is 0. The summed E-state index contributed by atoms with van der Waals surface area (Å²) in [5.41, 5.74) is -0.0392. The normalized spacial score (nSPS) is 12.8. The molecule has 6 heteroatoms. The van der Waals surface area contributed by atoms with Crippen LogP contribution in [0.1, 0.15) is 32.3 Å². The van der Waals surface area contributed by atoms with Gasteiger partial charge < -0.3 is 17.7 Å². The fourth-order valence-electron chi connectivity index (χ4n) is 1.71. The zero-order valence-electron chi connectivity index (χ0n) is 11.3. The quantitative estimate of drug-likeness (QED) is 0.720. The molecular formula is C12H17BF3KO. The second-order valence-corrected chi connectivity index (χ2v) is 4.33. The first-order valence-corrected chi connectivity index (χ1v) is 5.81. The predicted octanol–water partition coefficient (Wildman–Crippen LogP) is 0.621. The van der Waals surface area contributed by atoms with Crippen molar-refractivity contribution in [2.75, 3.05) is 0 Å². The molecular weight excluding hydrogens is 267 g/mol. The number of benzene rings is 1. The molecule has 0 fully saturated rings. The third-order valence-corrected chi connectivity index (χ3v) is 2.54. The van der Waals surface area contributed by atoms with Gasteiger partial charge in [-0.25, -0.2) is 0 Å². The summed E-state index contributed by atoms with van der Waals surface area (Å²) < 4.78 is 43.9. The smallest absolute Gasteiger partial charge is 0.494 e. The van der Waals surface area contributed by atoms with Gasteiger partial charge in [0.15, 0.2) is 0 Å². The third kappa shape index (κ3) is 5.65. The fraction of sp³-hybridized carbons (Fsp3) is 0.500. The van der Waals surface area contributed by atoms with Crippen molar-refractivity contribution in [3.63, 3.8) is 0 Å². The van der Waals surface area contributed by atoms with Gasteiger partial charge in [-0.3, -0.25) is 0 Å². The van der Waals surface area contributed by atoms with E-state index in [1.807, 2.05) is 6.92 Å². The van der Waals surface area contributed by atoms with Gasteiger partial charge in [-0.05, 0) is 26.3 Å². The molecule has 1 aromatic carbocycles. The topological polar surface area (TPSA) is 9.23 Å². The Labute approximate surface area is 149 Å². The van der Waals surface area contributed by atoms with Gasteiger partial charge >= 0.3 is 58.4 Å². The Balaban J connectivity index is 0.00000289. The SMILES string of the molecule is CCCC(C)Oc1ccc(C)cc1[B-](F)(F)F.[K+]. The third-order valence-electron chi connectivity index (χ3n) is 2.54. The van der Waals surface area contributed by atoms with Crippen LogP contribution in [0.15, 0.2) is 18.2 Å². The number of hydrogen-bond acceptors (Lipinski definition) is 1. The molecule has 0 N–H and O–H groups in total. The molecule has 0 heterocycles. The standard InChI is InChI=1S/C12H17BF3O.K/c1-4-5-10(3)17-12-7-6-9(2)8-11(12)13(14,15)16;/h6-8,10H,4-5H2,1-3H3;/q-1;+1. The minimum atomic E-state index is -5.02. The molecule has 0 radical (unpaired) electrons. The summed E-state index contributed by atoms with van der Waals surface area (Å²) in [6, 6.07) is 4.19. The van der Waals surface area contributed by atoms with E-state index in [1.165, 1.54) is 6.07 Å². The van der Waals surface area contributed by atoms with E-state index in [-0.39, 0.29) is 63.2 Å². The summed E-state index contributed by atoms with van der Waals surface area (Å²) in [6.07, 6.45) is 1.44. The van der Waals surface area contributed by atoms with Crippen molar-refractivity contribution in [1.82, 2.24) is 0 Å². The molecule has 0 aliphatic carbocycles. The van der Waals surface area contributed by atoms with Crippen LogP contribution in [0.25, 0.3) is 0 Å². The van der Waals surface area contributed by atoms with Gasteiger partial charge in [0.1, 0.15) is 0 Å². The second-order valence-electron chi connectivity index (χ2n) is 4.33. The van der Waals surface area contributed by atoms with E-state index in [0.717, 1.165) is 18.9 Å². The molecule has 18 heavy (non-hydrogen) atoms. The maximum Gasteiger partial charge on any atom is 1.00 e. The van der Waals surface area contributed by atoms with Crippen molar-refractivity contribution >= 4 is 12.4 Å². The number of ether oxygens (including phenoxy) is 1. The Kier molecular flexibility index (Phi) is 8.17. The van der Waals surface area contributed by atoms with Crippen LogP contribution < -0.4 is 61.6 Å². The molecule has 1 atom stereocenters. The summed E-state index contributed by atoms with van der Waals surface area (Å²) in [5.74, 6) is -0.0518. The minimum Gasteiger partial charge on any atom is -0.494 e. The van der Waals surface area contributed by atoms with Crippen LogP contribution in [-0.2, 0) is 0 Å². The Morgan fingerprint density at radius 1 is 1.28 bits per heavy atom. The van der Waals surface area contributed by atoms with Crippen LogP contribution in [-0.4, -0.2) is 13.1 Å². The van der Waals surface area contributed by atoms with E-state index in [9.17, 15) is 12.9 Å². The fourth-order valence-corrected chi connectivity index (χ4v) is 1.71. The molecule has 1 nitrogen and oxygen atoms in total. The summed E-state index contributed by atoms with van der Waals surface area (Å²) in [6.45, 7) is 0.384. The van der Waals surface area contributed by atoms with E-state index in [2.05, 4.69) is 0 Å². The largest absolute Gasteiger partial charge is 1.00 e. The molecule has 1 unspecified atom stereocenters. The van der Waals surface area contributed by atoms with Crippen LogP contribution in [0.4, 0.5) is 12.9 Å². The van der Waals surface area contributed by atoms with Gasteiger partial charge in [0.05, 0.1) is 11.9 Å². The molecule has 0 aliphatic rings. The molecule has 1 rings (SSSR count). The van der Waals surface area contributed by atoms with Gasteiger partial charge in [0, 0.05) is 0 Å². The molecule has 0 spiro atoms. The molecule has 0 saturated carbocycles. The van der Waals surface area contributed by atoms with Crippen molar-refractivity contribution in [2.24, 2.45) is 0 Å². The first-order valence-electron chi connectivity index (χ1n) is 5.81. The van der Waals surface area contributed by atoms with Crippen molar-refractivity contribution in [3.8, 4) is 5.75 Å². The zero-order valence-corrected chi connectivity index (χ0v) is 14.5. The molecule has 0 aromatic heterocycles. The summed E-state index contributed by atoms with van der Waals surface area (Å²) in [5, 5.41) is 0. The number of rotatable bonds is 5. The van der Waals surface area contributed by atoms with Gasteiger partial charge in [0.25, 0.3) is 0 Å². The summed E-state index contributed by atoms with van der Waals surface area (Å²) in [4.78, 5) is 0. The van der Waals surface area contributed by atoms with Gasteiger partial charge in [-0.15, -0.1) is 0 Å². The van der Waals surface area contributed by atoms with Crippen LogP contribution in [0, 0.1) is 6.92 Å². The first-order chi connectivity index (χ1) is 7.84. The Bertz CT molecular complexity index is 382. The van der Waals surface area contributed by atoms with E-state index < -0.39 is 12.4 Å². The van der Waals surface area contributed by atoms with Crippen LogP contribution in [0.2, 0.25) is 0 Å². The number of aryl methyl sites for hydroxylation is 1. The Morgan fingerprint density at radius 2 is 1.89 bits per heavy atom. The van der Waals surface area contributed by atoms with E-state index >= 15 is 0 Å². The minimum absolute atomic E-state index is 0. The Hall–Kier alpha value is 0.511. The second kappa shape index (κ2) is 7.95. The van der Waals surface area contributed by atoms with Crippen LogP contribution >= 0.6 is 0 Å². The molecule has 0 amide bonds. The van der Waals surface area contributed by atoms with E-state index in [0.29, 0.717) is 5.56 Å². The van der Waals surface area contributed by atoms with Crippen molar-refractivity contribution in [2.45, 2.75) is 39.7 Å². The molecule has 0 aliphatic heterocycles.